The normalized spacial score (nSPS) is 15.2. The Labute approximate surface area is 171 Å². The van der Waals surface area contributed by atoms with Crippen molar-refractivity contribution in [3.05, 3.63) is 71.4 Å². The maximum Gasteiger partial charge on any atom is 0.222 e. The maximum atomic E-state index is 12.8. The van der Waals surface area contributed by atoms with E-state index in [1.54, 1.807) is 0 Å². The van der Waals surface area contributed by atoms with E-state index in [1.165, 1.54) is 16.5 Å². The molecule has 1 aliphatic rings. The van der Waals surface area contributed by atoms with Gasteiger partial charge >= 0.3 is 0 Å². The lowest BCUT2D eigenvalue weighted by Gasteiger charge is -2.22. The fourth-order valence-electron chi connectivity index (χ4n) is 4.06. The summed E-state index contributed by atoms with van der Waals surface area (Å²) in [6.45, 7) is 4.35. The summed E-state index contributed by atoms with van der Waals surface area (Å²) in [4.78, 5) is 20.5. The molecule has 1 N–H and O–H groups in total. The number of para-hydroxylation sites is 1. The summed E-state index contributed by atoms with van der Waals surface area (Å²) in [6.07, 6.45) is 4.35. The molecule has 4 rings (SSSR count). The number of benzene rings is 2. The Morgan fingerprint density at radius 2 is 1.86 bits per heavy atom. The first-order valence-electron chi connectivity index (χ1n) is 10.3. The lowest BCUT2D eigenvalue weighted by atomic mass is 10.1. The minimum Gasteiger partial charge on any atom is -0.361 e. The SMILES string of the molecule is N#Cc1ccc(CN2CCCN(C(=O)CCc3c[nH]c4ccccc34)CC2)cc1. The number of aromatic nitrogens is 1. The topological polar surface area (TPSA) is 63.1 Å². The van der Waals surface area contributed by atoms with Gasteiger partial charge in [0.2, 0.25) is 5.91 Å². The lowest BCUT2D eigenvalue weighted by Crippen LogP contribution is -2.35. The number of hydrogen-bond donors (Lipinski definition) is 1. The predicted octanol–water partition coefficient (Wildman–Crippen LogP) is 3.71. The van der Waals surface area contributed by atoms with E-state index >= 15 is 0 Å². The first kappa shape index (κ1) is 19.2. The summed E-state index contributed by atoms with van der Waals surface area (Å²) < 4.78 is 0. The van der Waals surface area contributed by atoms with Gasteiger partial charge in [0.25, 0.3) is 0 Å². The average molecular weight is 386 g/mol. The molecule has 0 saturated carbocycles. The van der Waals surface area contributed by atoms with E-state index in [0.717, 1.165) is 51.1 Å². The number of hydrogen-bond acceptors (Lipinski definition) is 3. The number of nitrogens with zero attached hydrogens (tertiary/aromatic N) is 3. The molecule has 5 nitrogen and oxygen atoms in total. The van der Waals surface area contributed by atoms with Crippen LogP contribution in [0.5, 0.6) is 0 Å². The number of aromatic amines is 1. The highest BCUT2D eigenvalue weighted by atomic mass is 16.2. The van der Waals surface area contributed by atoms with Crippen molar-refractivity contribution < 1.29 is 4.79 Å². The zero-order valence-electron chi connectivity index (χ0n) is 16.6. The fraction of sp³-hybridized carbons (Fsp3) is 0.333. The third kappa shape index (κ3) is 4.67. The highest BCUT2D eigenvalue weighted by molar-refractivity contribution is 5.84. The zero-order valence-corrected chi connectivity index (χ0v) is 16.6. The van der Waals surface area contributed by atoms with Gasteiger partial charge in [0.15, 0.2) is 0 Å². The van der Waals surface area contributed by atoms with Crippen molar-refractivity contribution in [3.8, 4) is 6.07 Å². The van der Waals surface area contributed by atoms with E-state index < -0.39 is 0 Å². The van der Waals surface area contributed by atoms with Gasteiger partial charge in [-0.15, -0.1) is 0 Å². The summed E-state index contributed by atoms with van der Waals surface area (Å²) in [6, 6.07) is 18.2. The average Bonchev–Trinajstić information content (AvgIpc) is 3.03. The molecular formula is C24H26N4O. The Morgan fingerprint density at radius 3 is 2.69 bits per heavy atom. The molecule has 1 aromatic heterocycles. The molecule has 2 heterocycles. The molecule has 1 saturated heterocycles. The number of nitriles is 1. The van der Waals surface area contributed by atoms with Gasteiger partial charge in [-0.25, -0.2) is 0 Å². The van der Waals surface area contributed by atoms with Gasteiger partial charge < -0.3 is 9.88 Å². The van der Waals surface area contributed by atoms with Gasteiger partial charge in [-0.05, 0) is 42.2 Å². The Kier molecular flexibility index (Phi) is 5.92. The number of aryl methyl sites for hydroxylation is 1. The molecule has 148 valence electrons. The standard InChI is InChI=1S/C24H26N4O/c25-16-19-6-8-20(9-7-19)18-27-12-3-13-28(15-14-27)24(29)11-10-21-17-26-23-5-2-1-4-22(21)23/h1-2,4-9,17,26H,3,10-15,18H2. The number of amides is 1. The molecule has 0 bridgehead atoms. The molecule has 0 radical (unpaired) electrons. The van der Waals surface area contributed by atoms with Crippen LogP contribution in [0.4, 0.5) is 0 Å². The van der Waals surface area contributed by atoms with Gasteiger partial charge in [-0.2, -0.15) is 5.26 Å². The molecular weight excluding hydrogens is 360 g/mol. The van der Waals surface area contributed by atoms with E-state index in [0.29, 0.717) is 12.0 Å². The van der Waals surface area contributed by atoms with Crippen LogP contribution in [0.1, 0.15) is 29.5 Å². The number of carbonyl (C=O) groups excluding carboxylic acids is 1. The molecule has 3 aromatic rings. The van der Waals surface area contributed by atoms with Crippen LogP contribution in [0.15, 0.2) is 54.7 Å². The first-order chi connectivity index (χ1) is 14.2. The zero-order chi connectivity index (χ0) is 20.1. The van der Waals surface area contributed by atoms with Crippen molar-refractivity contribution in [1.82, 2.24) is 14.8 Å². The smallest absolute Gasteiger partial charge is 0.222 e. The van der Waals surface area contributed by atoms with Gasteiger partial charge in [0.05, 0.1) is 11.6 Å². The maximum absolute atomic E-state index is 12.8. The van der Waals surface area contributed by atoms with Crippen molar-refractivity contribution in [3.63, 3.8) is 0 Å². The monoisotopic (exact) mass is 386 g/mol. The van der Waals surface area contributed by atoms with Crippen LogP contribution >= 0.6 is 0 Å². The molecule has 1 fully saturated rings. The largest absolute Gasteiger partial charge is 0.361 e. The second kappa shape index (κ2) is 8.93. The van der Waals surface area contributed by atoms with E-state index in [4.69, 9.17) is 5.26 Å². The first-order valence-corrected chi connectivity index (χ1v) is 10.3. The third-order valence-corrected chi connectivity index (χ3v) is 5.71. The van der Waals surface area contributed by atoms with Gasteiger partial charge in [-0.3, -0.25) is 9.69 Å². The molecule has 5 heteroatoms. The quantitative estimate of drug-likeness (QED) is 0.727. The molecule has 0 aliphatic carbocycles. The van der Waals surface area contributed by atoms with Crippen molar-refractivity contribution in [2.75, 3.05) is 26.2 Å². The minimum atomic E-state index is 0.246. The van der Waals surface area contributed by atoms with E-state index in [9.17, 15) is 4.79 Å². The molecule has 29 heavy (non-hydrogen) atoms. The van der Waals surface area contributed by atoms with Crippen molar-refractivity contribution in [2.24, 2.45) is 0 Å². The van der Waals surface area contributed by atoms with Crippen LogP contribution in [-0.4, -0.2) is 46.9 Å². The van der Waals surface area contributed by atoms with E-state index in [2.05, 4.69) is 28.1 Å². The van der Waals surface area contributed by atoms with Gasteiger partial charge in [-0.1, -0.05) is 30.3 Å². The summed E-state index contributed by atoms with van der Waals surface area (Å²) in [5.74, 6) is 0.246. The van der Waals surface area contributed by atoms with E-state index in [1.807, 2.05) is 47.5 Å². The number of rotatable bonds is 5. The Balaban J connectivity index is 1.29. The molecule has 1 aliphatic heterocycles. The van der Waals surface area contributed by atoms with Crippen LogP contribution in [0.25, 0.3) is 10.9 Å². The van der Waals surface area contributed by atoms with E-state index in [-0.39, 0.29) is 5.91 Å². The van der Waals surface area contributed by atoms with Crippen LogP contribution in [0, 0.1) is 11.3 Å². The highest BCUT2D eigenvalue weighted by Crippen LogP contribution is 2.19. The number of H-pyrrole nitrogens is 1. The lowest BCUT2D eigenvalue weighted by molar-refractivity contribution is -0.131. The molecule has 0 spiro atoms. The Bertz CT molecular complexity index is 1020. The summed E-state index contributed by atoms with van der Waals surface area (Å²) in [5, 5.41) is 10.1. The van der Waals surface area contributed by atoms with Crippen molar-refractivity contribution >= 4 is 16.8 Å². The number of fused-ring (bicyclic) bond motifs is 1. The number of nitrogens with one attached hydrogen (secondary N) is 1. The Hall–Kier alpha value is -3.10. The van der Waals surface area contributed by atoms with Crippen LogP contribution in [0.2, 0.25) is 0 Å². The van der Waals surface area contributed by atoms with Crippen LogP contribution in [-0.2, 0) is 17.8 Å². The summed E-state index contributed by atoms with van der Waals surface area (Å²) in [7, 11) is 0. The third-order valence-electron chi connectivity index (χ3n) is 5.71. The van der Waals surface area contributed by atoms with Crippen molar-refractivity contribution in [1.29, 1.82) is 5.26 Å². The molecule has 2 aromatic carbocycles. The van der Waals surface area contributed by atoms with Crippen molar-refractivity contribution in [2.45, 2.75) is 25.8 Å². The number of carbonyl (C=O) groups is 1. The van der Waals surface area contributed by atoms with Crippen LogP contribution in [0.3, 0.4) is 0 Å². The Morgan fingerprint density at radius 1 is 1.03 bits per heavy atom. The van der Waals surface area contributed by atoms with Crippen LogP contribution < -0.4 is 0 Å². The van der Waals surface area contributed by atoms with Gasteiger partial charge in [0, 0.05) is 56.2 Å². The predicted molar refractivity (Wildman–Crippen MR) is 114 cm³/mol. The second-order valence-corrected chi connectivity index (χ2v) is 7.68. The summed E-state index contributed by atoms with van der Waals surface area (Å²) >= 11 is 0. The second-order valence-electron chi connectivity index (χ2n) is 7.68. The molecule has 0 unspecified atom stereocenters. The molecule has 0 atom stereocenters. The highest BCUT2D eigenvalue weighted by Gasteiger charge is 2.19. The fourth-order valence-corrected chi connectivity index (χ4v) is 4.06. The molecule has 1 amide bonds. The van der Waals surface area contributed by atoms with Gasteiger partial charge in [0.1, 0.15) is 0 Å². The minimum absolute atomic E-state index is 0.246. The summed E-state index contributed by atoms with van der Waals surface area (Å²) in [5.41, 5.74) is 4.24.